The van der Waals surface area contributed by atoms with Gasteiger partial charge in [-0.3, -0.25) is 10.1 Å². The smallest absolute Gasteiger partial charge is 0.345 e. The summed E-state index contributed by atoms with van der Waals surface area (Å²) >= 11 is 2.80. The number of ether oxygens (including phenoxy) is 1. The van der Waals surface area contributed by atoms with Crippen LogP contribution >= 0.6 is 22.7 Å². The van der Waals surface area contributed by atoms with Crippen molar-refractivity contribution in [3.05, 3.63) is 56.7 Å². The van der Waals surface area contributed by atoms with Gasteiger partial charge in [-0.15, -0.1) is 22.7 Å². The summed E-state index contributed by atoms with van der Waals surface area (Å²) in [5.41, 5.74) is 0.940. The van der Waals surface area contributed by atoms with Gasteiger partial charge in [0.15, 0.2) is 11.7 Å². The van der Waals surface area contributed by atoms with Crippen LogP contribution in [0.15, 0.2) is 50.4 Å². The zero-order valence-electron chi connectivity index (χ0n) is 14.1. The third kappa shape index (κ3) is 3.88. The molecule has 4 aromatic rings. The summed E-state index contributed by atoms with van der Waals surface area (Å²) in [7, 11) is 0. The Hall–Kier alpha value is -3.04. The average Bonchev–Trinajstić information content (AvgIpc) is 3.31. The average molecular weight is 399 g/mol. The Bertz CT molecular complexity index is 1170. The Balaban J connectivity index is 1.52. The summed E-state index contributed by atoms with van der Waals surface area (Å²) in [4.78, 5) is 32.4. The summed E-state index contributed by atoms with van der Waals surface area (Å²) in [6.07, 6.45) is 1.60. The molecule has 0 atom stereocenters. The first-order valence-corrected chi connectivity index (χ1v) is 9.67. The van der Waals surface area contributed by atoms with E-state index < -0.39 is 5.63 Å². The number of aryl methyl sites for hydroxylation is 1. The van der Waals surface area contributed by atoms with Gasteiger partial charge in [-0.25, -0.2) is 14.8 Å². The summed E-state index contributed by atoms with van der Waals surface area (Å²) in [5, 5.41) is 8.36. The van der Waals surface area contributed by atoms with Crippen LogP contribution < -0.4 is 15.7 Å². The minimum absolute atomic E-state index is 0.175. The number of carbonyl (C=O) groups is 1. The van der Waals surface area contributed by atoms with E-state index in [0.717, 1.165) is 10.4 Å². The molecule has 0 aliphatic heterocycles. The molecule has 0 spiro atoms. The Morgan fingerprint density at radius 1 is 1.30 bits per heavy atom. The number of carbonyl (C=O) groups excluding carboxylic acids is 1. The lowest BCUT2D eigenvalue weighted by atomic mass is 10.1. The van der Waals surface area contributed by atoms with Gasteiger partial charge < -0.3 is 9.15 Å². The molecule has 3 aromatic heterocycles. The molecule has 0 aliphatic rings. The van der Waals surface area contributed by atoms with Gasteiger partial charge in [-0.05, 0) is 25.1 Å². The molecule has 27 heavy (non-hydrogen) atoms. The second-order valence-corrected chi connectivity index (χ2v) is 7.53. The molecule has 4 rings (SSSR count). The van der Waals surface area contributed by atoms with Gasteiger partial charge in [-0.2, -0.15) is 0 Å². The number of nitrogens with one attached hydrogen (secondary N) is 1. The van der Waals surface area contributed by atoms with Gasteiger partial charge in [-0.1, -0.05) is 0 Å². The molecule has 3 heterocycles. The van der Waals surface area contributed by atoms with Gasteiger partial charge in [0.25, 0.3) is 5.91 Å². The van der Waals surface area contributed by atoms with Crippen LogP contribution in [0.5, 0.6) is 5.75 Å². The lowest BCUT2D eigenvalue weighted by Gasteiger charge is -2.07. The third-order valence-corrected chi connectivity index (χ3v) is 5.11. The number of amides is 1. The fraction of sp³-hybridized carbons (Fsp3) is 0.111. The van der Waals surface area contributed by atoms with Crippen molar-refractivity contribution in [1.82, 2.24) is 9.97 Å². The first-order valence-electron chi connectivity index (χ1n) is 7.91. The van der Waals surface area contributed by atoms with Crippen LogP contribution in [0.2, 0.25) is 0 Å². The van der Waals surface area contributed by atoms with Crippen LogP contribution in [0, 0.1) is 6.92 Å². The van der Waals surface area contributed by atoms with Gasteiger partial charge in [0, 0.05) is 28.4 Å². The van der Waals surface area contributed by atoms with Gasteiger partial charge >= 0.3 is 5.63 Å². The Kier molecular flexibility index (Phi) is 4.69. The molecule has 7 nitrogen and oxygen atoms in total. The van der Waals surface area contributed by atoms with Crippen LogP contribution in [-0.2, 0) is 4.79 Å². The van der Waals surface area contributed by atoms with Crippen LogP contribution in [0.25, 0.3) is 22.2 Å². The number of anilines is 1. The summed E-state index contributed by atoms with van der Waals surface area (Å²) in [6, 6.07) is 6.82. The largest absolute Gasteiger partial charge is 0.484 e. The minimum Gasteiger partial charge on any atom is -0.484 e. The molecule has 0 radical (unpaired) electrons. The minimum atomic E-state index is -0.466. The van der Waals surface area contributed by atoms with E-state index in [1.54, 1.807) is 35.8 Å². The van der Waals surface area contributed by atoms with Crippen LogP contribution in [-0.4, -0.2) is 22.5 Å². The monoisotopic (exact) mass is 399 g/mol. The van der Waals surface area contributed by atoms with Gasteiger partial charge in [0.2, 0.25) is 0 Å². The molecule has 0 aliphatic carbocycles. The number of aromatic nitrogens is 2. The quantitative estimate of drug-likeness (QED) is 0.514. The van der Waals surface area contributed by atoms with Crippen molar-refractivity contribution in [2.45, 2.75) is 6.92 Å². The van der Waals surface area contributed by atoms with E-state index in [1.165, 1.54) is 22.7 Å². The van der Waals surface area contributed by atoms with Crippen molar-refractivity contribution >= 4 is 44.7 Å². The Morgan fingerprint density at radius 2 is 2.19 bits per heavy atom. The molecule has 1 aromatic carbocycles. The van der Waals surface area contributed by atoms with Crippen LogP contribution in [0.1, 0.15) is 5.01 Å². The topological polar surface area (TPSA) is 94.3 Å². The molecule has 9 heteroatoms. The number of hydrogen-bond acceptors (Lipinski definition) is 8. The third-order valence-electron chi connectivity index (χ3n) is 3.65. The molecule has 0 saturated carbocycles. The van der Waals surface area contributed by atoms with Gasteiger partial charge in [0.05, 0.1) is 16.3 Å². The maximum Gasteiger partial charge on any atom is 0.345 e. The van der Waals surface area contributed by atoms with Crippen molar-refractivity contribution in [2.75, 3.05) is 11.9 Å². The number of fused-ring (bicyclic) bond motifs is 1. The predicted octanol–water partition coefficient (Wildman–Crippen LogP) is 3.70. The number of benzene rings is 1. The second kappa shape index (κ2) is 7.29. The maximum absolute atomic E-state index is 12.3. The summed E-state index contributed by atoms with van der Waals surface area (Å²) in [5.74, 6) is 0.109. The molecule has 1 N–H and O–H groups in total. The van der Waals surface area contributed by atoms with Crippen molar-refractivity contribution in [3.63, 3.8) is 0 Å². The molecule has 1 amide bonds. The molecule has 136 valence electrons. The summed E-state index contributed by atoms with van der Waals surface area (Å²) < 4.78 is 10.9. The maximum atomic E-state index is 12.3. The van der Waals surface area contributed by atoms with E-state index in [9.17, 15) is 9.59 Å². The molecule has 0 bridgehead atoms. The van der Waals surface area contributed by atoms with E-state index in [2.05, 4.69) is 15.3 Å². The highest BCUT2D eigenvalue weighted by Crippen LogP contribution is 2.25. The summed E-state index contributed by atoms with van der Waals surface area (Å²) in [6.45, 7) is 1.70. The molecular weight excluding hydrogens is 386 g/mol. The second-order valence-electron chi connectivity index (χ2n) is 5.57. The fourth-order valence-corrected chi connectivity index (χ4v) is 3.59. The van der Waals surface area contributed by atoms with Crippen LogP contribution in [0.3, 0.4) is 0 Å². The SMILES string of the molecule is Cc1nc(-c2cc3ccc(OCC(=O)Nc4nccs4)cc3oc2=O)cs1. The first kappa shape index (κ1) is 17.4. The van der Waals surface area contributed by atoms with Crippen molar-refractivity contribution in [2.24, 2.45) is 0 Å². The lowest BCUT2D eigenvalue weighted by Crippen LogP contribution is -2.19. The highest BCUT2D eigenvalue weighted by Gasteiger charge is 2.12. The zero-order valence-corrected chi connectivity index (χ0v) is 15.7. The van der Waals surface area contributed by atoms with Crippen molar-refractivity contribution < 1.29 is 13.9 Å². The van der Waals surface area contributed by atoms with E-state index in [-0.39, 0.29) is 12.5 Å². The molecule has 0 unspecified atom stereocenters. The number of thiazole rings is 2. The fourth-order valence-electron chi connectivity index (χ4n) is 2.44. The van der Waals surface area contributed by atoms with Crippen molar-refractivity contribution in [3.8, 4) is 17.0 Å². The van der Waals surface area contributed by atoms with E-state index in [1.807, 2.05) is 12.3 Å². The lowest BCUT2D eigenvalue weighted by molar-refractivity contribution is -0.118. The highest BCUT2D eigenvalue weighted by atomic mass is 32.1. The Morgan fingerprint density at radius 3 is 2.93 bits per heavy atom. The molecular formula is C18H13N3O4S2. The highest BCUT2D eigenvalue weighted by molar-refractivity contribution is 7.13. The zero-order chi connectivity index (χ0) is 18.8. The predicted molar refractivity (Wildman–Crippen MR) is 105 cm³/mol. The number of nitrogens with zero attached hydrogens (tertiary/aromatic N) is 2. The normalized spacial score (nSPS) is 10.9. The number of rotatable bonds is 5. The first-order chi connectivity index (χ1) is 13.1. The Labute approximate surface area is 161 Å². The molecule has 0 fully saturated rings. The van der Waals surface area contributed by atoms with Crippen LogP contribution in [0.4, 0.5) is 5.13 Å². The number of hydrogen-bond donors (Lipinski definition) is 1. The van der Waals surface area contributed by atoms with Gasteiger partial charge in [0.1, 0.15) is 11.3 Å². The van der Waals surface area contributed by atoms with Crippen molar-refractivity contribution in [1.29, 1.82) is 0 Å². The molecule has 0 saturated heterocycles. The van der Waals surface area contributed by atoms with E-state index >= 15 is 0 Å². The van der Waals surface area contributed by atoms with E-state index in [4.69, 9.17) is 9.15 Å². The standard InChI is InChI=1S/C18H13N3O4S2/c1-10-20-14(9-27-10)13-6-11-2-3-12(7-15(11)25-17(13)23)24-8-16(22)21-18-19-4-5-26-18/h2-7,9H,8H2,1H3,(H,19,21,22). The van der Waals surface area contributed by atoms with E-state index in [0.29, 0.717) is 27.7 Å².